The van der Waals surface area contributed by atoms with Crippen LogP contribution in [0.4, 0.5) is 0 Å². The zero-order valence-electron chi connectivity index (χ0n) is 30.2. The van der Waals surface area contributed by atoms with Crippen LogP contribution in [0.3, 0.4) is 0 Å². The van der Waals surface area contributed by atoms with Crippen molar-refractivity contribution in [1.82, 2.24) is 0 Å². The Balaban J connectivity index is 1.11. The average molecular weight is 701 g/mol. The number of hydrogen-bond donors (Lipinski definition) is 0. The lowest BCUT2D eigenvalue weighted by molar-refractivity contribution is 1.69. The van der Waals surface area contributed by atoms with E-state index in [-0.39, 0.29) is 0 Å². The predicted octanol–water partition coefficient (Wildman–Crippen LogP) is 16.0. The van der Waals surface area contributed by atoms with Gasteiger partial charge in [-0.2, -0.15) is 0 Å². The first-order chi connectivity index (χ1) is 27.8. The SMILES string of the molecule is c1ccc(-c2c3cccc4c5ccccc5c(c34)c3c4ccc5c6ccc7c8c(ccc(c9ccc(c23)c4c95)c86)-c2cc3cc4ccccc4cc3cc2-7)cc1. The Morgan fingerprint density at radius 1 is 0.196 bits per heavy atom. The molecule has 0 atom stereocenters. The minimum Gasteiger partial charge on any atom is -0.0622 e. The van der Waals surface area contributed by atoms with Crippen molar-refractivity contribution in [2.75, 3.05) is 0 Å². The lowest BCUT2D eigenvalue weighted by Gasteiger charge is -2.16. The minimum atomic E-state index is 1.27. The van der Waals surface area contributed by atoms with Crippen LogP contribution in [0.2, 0.25) is 0 Å². The van der Waals surface area contributed by atoms with Gasteiger partial charge in [0.25, 0.3) is 0 Å². The molecule has 0 heterocycles. The van der Waals surface area contributed by atoms with Crippen molar-refractivity contribution < 1.29 is 0 Å². The molecule has 0 aliphatic heterocycles. The summed E-state index contributed by atoms with van der Waals surface area (Å²) < 4.78 is 0. The third-order valence-electron chi connectivity index (χ3n) is 13.7. The van der Waals surface area contributed by atoms with E-state index in [2.05, 4.69) is 170 Å². The lowest BCUT2D eigenvalue weighted by atomic mass is 9.87. The van der Waals surface area contributed by atoms with Gasteiger partial charge in [0.2, 0.25) is 0 Å². The van der Waals surface area contributed by atoms with Gasteiger partial charge in [0.1, 0.15) is 0 Å². The van der Waals surface area contributed by atoms with Crippen molar-refractivity contribution in [3.63, 3.8) is 0 Å². The summed E-state index contributed by atoms with van der Waals surface area (Å²) in [6.45, 7) is 0. The van der Waals surface area contributed by atoms with E-state index in [4.69, 9.17) is 0 Å². The third-order valence-corrected chi connectivity index (χ3v) is 13.7. The fourth-order valence-electron chi connectivity index (χ4n) is 11.6. The molecule has 0 heteroatoms. The topological polar surface area (TPSA) is 0 Å². The van der Waals surface area contributed by atoms with Gasteiger partial charge < -0.3 is 0 Å². The van der Waals surface area contributed by atoms with Crippen molar-refractivity contribution in [3.05, 3.63) is 170 Å². The van der Waals surface area contributed by atoms with E-state index in [0.717, 1.165) is 0 Å². The highest BCUT2D eigenvalue weighted by molar-refractivity contribution is 6.51. The maximum Gasteiger partial charge on any atom is -0.000696 e. The zero-order chi connectivity index (χ0) is 36.0. The molecule has 0 unspecified atom stereocenters. The molecule has 0 fully saturated rings. The Kier molecular flexibility index (Phi) is 4.78. The van der Waals surface area contributed by atoms with Crippen LogP contribution >= 0.6 is 0 Å². The number of rotatable bonds is 1. The first kappa shape index (κ1) is 28.2. The summed E-state index contributed by atoms with van der Waals surface area (Å²) in [4.78, 5) is 0. The number of fused-ring (bicyclic) bond motifs is 14. The van der Waals surface area contributed by atoms with Crippen LogP contribution in [0.25, 0.3) is 152 Å². The molecule has 0 nitrogen and oxygen atoms in total. The number of hydrogen-bond acceptors (Lipinski definition) is 0. The summed E-state index contributed by atoms with van der Waals surface area (Å²) in [5.41, 5.74) is 8.02. The molecule has 0 N–H and O–H groups in total. The molecule has 0 aromatic heterocycles. The van der Waals surface area contributed by atoms with E-state index in [1.807, 2.05) is 0 Å². The van der Waals surface area contributed by atoms with Gasteiger partial charge in [-0.25, -0.2) is 0 Å². The minimum absolute atomic E-state index is 1.27. The molecular formula is C56H28. The normalized spacial score (nSPS) is 13.0. The van der Waals surface area contributed by atoms with Crippen LogP contribution in [-0.2, 0) is 0 Å². The summed E-state index contributed by atoms with van der Waals surface area (Å²) in [7, 11) is 0. The van der Waals surface area contributed by atoms with Gasteiger partial charge in [0.05, 0.1) is 0 Å². The predicted molar refractivity (Wildman–Crippen MR) is 242 cm³/mol. The third kappa shape index (κ3) is 3.13. The molecule has 0 radical (unpaired) electrons. The summed E-state index contributed by atoms with van der Waals surface area (Å²) >= 11 is 0. The molecule has 0 saturated carbocycles. The summed E-state index contributed by atoms with van der Waals surface area (Å²) in [5.74, 6) is 0. The Morgan fingerprint density at radius 3 is 1.30 bits per heavy atom. The standard InChI is InChI=1S/C56H28/c1-2-9-29(10-3-1)48-43-16-8-15-35-34-13-6-7-14-36(34)54(52(35)43)56-45-24-22-40-38-18-20-42-47-28-33-26-31-12-5-4-11-30(31)25-32(33)27-46(47)41-19-17-37(49(38)51(41)42)39-21-23-44(55(48)56)53(45)50(39)40/h1-28H. The Hall–Kier alpha value is -7.28. The molecule has 15 rings (SSSR count). The summed E-state index contributed by atoms with van der Waals surface area (Å²) in [5, 5.41) is 29.8. The number of benzene rings is 12. The second-order valence-electron chi connectivity index (χ2n) is 16.2. The van der Waals surface area contributed by atoms with Crippen LogP contribution in [-0.4, -0.2) is 0 Å². The first-order valence-electron chi connectivity index (χ1n) is 19.8. The van der Waals surface area contributed by atoms with Gasteiger partial charge in [-0.1, -0.05) is 146 Å². The largest absolute Gasteiger partial charge is 0.0622 e. The van der Waals surface area contributed by atoms with Crippen molar-refractivity contribution in [3.8, 4) is 33.4 Å². The fourth-order valence-corrected chi connectivity index (χ4v) is 11.6. The Labute approximate surface area is 320 Å². The first-order valence-corrected chi connectivity index (χ1v) is 19.8. The smallest absolute Gasteiger partial charge is 0.000696 e. The molecule has 1 aliphatic carbocycles. The Morgan fingerprint density at radius 2 is 0.625 bits per heavy atom. The average Bonchev–Trinajstić information content (AvgIpc) is 3.88. The van der Waals surface area contributed by atoms with E-state index < -0.39 is 0 Å². The molecule has 14 aromatic rings. The van der Waals surface area contributed by atoms with Crippen molar-refractivity contribution in [1.29, 1.82) is 0 Å². The van der Waals surface area contributed by atoms with E-state index in [9.17, 15) is 0 Å². The summed E-state index contributed by atoms with van der Waals surface area (Å²) in [6, 6.07) is 64.9. The fraction of sp³-hybridized carbons (Fsp3) is 0. The molecule has 1 aliphatic rings. The van der Waals surface area contributed by atoms with Crippen molar-refractivity contribution in [2.45, 2.75) is 0 Å². The highest BCUT2D eigenvalue weighted by atomic mass is 14.3. The molecular weight excluding hydrogens is 673 g/mol. The molecule has 0 spiro atoms. The highest BCUT2D eigenvalue weighted by Gasteiger charge is 2.29. The van der Waals surface area contributed by atoms with Gasteiger partial charge in [0.15, 0.2) is 0 Å². The molecule has 0 amide bonds. The van der Waals surface area contributed by atoms with Gasteiger partial charge in [0, 0.05) is 0 Å². The van der Waals surface area contributed by atoms with Crippen LogP contribution in [0.1, 0.15) is 0 Å². The maximum atomic E-state index is 2.46. The van der Waals surface area contributed by atoms with Crippen LogP contribution in [0.15, 0.2) is 170 Å². The maximum absolute atomic E-state index is 2.46. The quantitative estimate of drug-likeness (QED) is 0.118. The van der Waals surface area contributed by atoms with Crippen LogP contribution < -0.4 is 0 Å². The van der Waals surface area contributed by atoms with Crippen LogP contribution in [0.5, 0.6) is 0 Å². The van der Waals surface area contributed by atoms with E-state index in [1.165, 1.54) is 152 Å². The molecule has 56 heavy (non-hydrogen) atoms. The zero-order valence-corrected chi connectivity index (χ0v) is 30.2. The van der Waals surface area contributed by atoms with Crippen molar-refractivity contribution in [2.24, 2.45) is 0 Å². The Bertz CT molecular complexity index is 3960. The summed E-state index contributed by atoms with van der Waals surface area (Å²) in [6.07, 6.45) is 0. The molecule has 252 valence electrons. The molecule has 14 aromatic carbocycles. The second kappa shape index (κ2) is 9.50. The van der Waals surface area contributed by atoms with E-state index in [0.29, 0.717) is 0 Å². The molecule has 0 bridgehead atoms. The molecule has 0 saturated heterocycles. The highest BCUT2D eigenvalue weighted by Crippen LogP contribution is 2.57. The van der Waals surface area contributed by atoms with Gasteiger partial charge in [-0.15, -0.1) is 0 Å². The van der Waals surface area contributed by atoms with Gasteiger partial charge in [-0.3, -0.25) is 0 Å². The van der Waals surface area contributed by atoms with Gasteiger partial charge >= 0.3 is 0 Å². The van der Waals surface area contributed by atoms with Crippen LogP contribution in [0, 0.1) is 0 Å². The van der Waals surface area contributed by atoms with E-state index in [1.54, 1.807) is 0 Å². The van der Waals surface area contributed by atoms with Crippen molar-refractivity contribution >= 4 is 118 Å². The second-order valence-corrected chi connectivity index (χ2v) is 16.2. The lowest BCUT2D eigenvalue weighted by Crippen LogP contribution is -1.88. The van der Waals surface area contributed by atoms with Gasteiger partial charge in [-0.05, 0) is 176 Å². The monoisotopic (exact) mass is 700 g/mol. The van der Waals surface area contributed by atoms with E-state index >= 15 is 0 Å².